The molecule has 0 amide bonds. The number of Topliss-reactive ketones (excluding diaryl/α,β-unsaturated/α-hetero) is 1. The summed E-state index contributed by atoms with van der Waals surface area (Å²) in [5.41, 5.74) is 2.11. The van der Waals surface area contributed by atoms with E-state index >= 15 is 0 Å². The quantitative estimate of drug-likeness (QED) is 0.900. The average molecular weight is 302 g/mol. The Labute approximate surface area is 132 Å². The molecular formula is C19H26O3. The van der Waals surface area contributed by atoms with Crippen molar-refractivity contribution in [2.75, 3.05) is 0 Å². The second-order valence-electron chi connectivity index (χ2n) is 7.41. The maximum absolute atomic E-state index is 12.2. The van der Waals surface area contributed by atoms with Gasteiger partial charge in [-0.15, -0.1) is 0 Å². The Morgan fingerprint density at radius 3 is 2.86 bits per heavy atom. The van der Waals surface area contributed by atoms with Crippen LogP contribution in [0, 0.1) is 24.2 Å². The standard InChI is InChI=1S/C19H26O3/c1-12-3-5-14(20)11-13(12)4-6-15-16-7-8-18(22)19(16,2)10-9-17(15)21/h3,5,11,15-17,20-21H,4,6-10H2,1-2H3/t15-,16-,17+,19-/m0/s1. The Hall–Kier alpha value is -1.35. The summed E-state index contributed by atoms with van der Waals surface area (Å²) in [4.78, 5) is 12.2. The predicted molar refractivity (Wildman–Crippen MR) is 85.7 cm³/mol. The second kappa shape index (κ2) is 5.69. The van der Waals surface area contributed by atoms with Crippen molar-refractivity contribution in [3.63, 3.8) is 0 Å². The van der Waals surface area contributed by atoms with Crippen LogP contribution in [0.2, 0.25) is 0 Å². The van der Waals surface area contributed by atoms with E-state index in [4.69, 9.17) is 0 Å². The third-order valence-electron chi connectivity index (χ3n) is 6.19. The zero-order chi connectivity index (χ0) is 15.9. The first-order valence-corrected chi connectivity index (χ1v) is 8.41. The van der Waals surface area contributed by atoms with Crippen molar-refractivity contribution in [1.82, 2.24) is 0 Å². The van der Waals surface area contributed by atoms with Crippen molar-refractivity contribution in [1.29, 1.82) is 0 Å². The number of aryl methyl sites for hydroxylation is 2. The summed E-state index contributed by atoms with van der Waals surface area (Å²) in [7, 11) is 0. The SMILES string of the molecule is Cc1ccc(O)cc1CC[C@@H]1[C@H](O)CC[C@]2(C)C(=O)CC[C@@H]12. The van der Waals surface area contributed by atoms with Crippen molar-refractivity contribution in [3.8, 4) is 5.75 Å². The van der Waals surface area contributed by atoms with Gasteiger partial charge in [0.1, 0.15) is 11.5 Å². The lowest BCUT2D eigenvalue weighted by molar-refractivity contribution is -0.131. The van der Waals surface area contributed by atoms with Gasteiger partial charge in [-0.25, -0.2) is 0 Å². The molecule has 0 radical (unpaired) electrons. The maximum Gasteiger partial charge on any atom is 0.139 e. The number of carbonyl (C=O) groups is 1. The minimum atomic E-state index is -0.290. The number of aromatic hydroxyl groups is 1. The summed E-state index contributed by atoms with van der Waals surface area (Å²) in [6.07, 6.45) is 4.62. The Morgan fingerprint density at radius 1 is 1.32 bits per heavy atom. The molecule has 0 bridgehead atoms. The fourth-order valence-electron chi connectivity index (χ4n) is 4.68. The van der Waals surface area contributed by atoms with Crippen molar-refractivity contribution in [2.45, 2.75) is 58.5 Å². The number of benzene rings is 1. The highest BCUT2D eigenvalue weighted by molar-refractivity contribution is 5.87. The summed E-state index contributed by atoms with van der Waals surface area (Å²) in [5.74, 6) is 1.21. The van der Waals surface area contributed by atoms with Crippen LogP contribution < -0.4 is 0 Å². The van der Waals surface area contributed by atoms with E-state index in [1.807, 2.05) is 12.1 Å². The first-order valence-electron chi connectivity index (χ1n) is 8.41. The molecule has 0 aliphatic heterocycles. The Bertz CT molecular complexity index is 580. The number of carbonyl (C=O) groups excluding carboxylic acids is 1. The lowest BCUT2D eigenvalue weighted by Crippen LogP contribution is -2.44. The lowest BCUT2D eigenvalue weighted by Gasteiger charge is -2.43. The molecule has 0 unspecified atom stereocenters. The molecule has 2 fully saturated rings. The number of phenols is 1. The van der Waals surface area contributed by atoms with Gasteiger partial charge in [0.25, 0.3) is 0 Å². The minimum absolute atomic E-state index is 0.201. The van der Waals surface area contributed by atoms with Gasteiger partial charge in [-0.1, -0.05) is 13.0 Å². The van der Waals surface area contributed by atoms with Crippen LogP contribution in [0.3, 0.4) is 0 Å². The van der Waals surface area contributed by atoms with Crippen molar-refractivity contribution in [2.24, 2.45) is 17.3 Å². The molecule has 1 aromatic rings. The van der Waals surface area contributed by atoms with E-state index in [9.17, 15) is 15.0 Å². The van der Waals surface area contributed by atoms with Crippen molar-refractivity contribution >= 4 is 5.78 Å². The summed E-state index contributed by atoms with van der Waals surface area (Å²) < 4.78 is 0. The zero-order valence-corrected chi connectivity index (χ0v) is 13.5. The lowest BCUT2D eigenvalue weighted by atomic mass is 9.62. The molecule has 3 heteroatoms. The van der Waals surface area contributed by atoms with Crippen LogP contribution in [-0.4, -0.2) is 22.1 Å². The van der Waals surface area contributed by atoms with Gasteiger partial charge in [0, 0.05) is 11.8 Å². The van der Waals surface area contributed by atoms with E-state index in [-0.39, 0.29) is 17.4 Å². The Morgan fingerprint density at radius 2 is 2.09 bits per heavy atom. The first-order chi connectivity index (χ1) is 10.4. The minimum Gasteiger partial charge on any atom is -0.508 e. The van der Waals surface area contributed by atoms with Gasteiger partial charge < -0.3 is 10.2 Å². The van der Waals surface area contributed by atoms with E-state index in [0.717, 1.165) is 37.7 Å². The number of hydrogen-bond donors (Lipinski definition) is 2. The molecule has 2 N–H and O–H groups in total. The normalized spacial score (nSPS) is 34.7. The van der Waals surface area contributed by atoms with Crippen LogP contribution >= 0.6 is 0 Å². The van der Waals surface area contributed by atoms with Gasteiger partial charge in [0.15, 0.2) is 0 Å². The molecule has 0 heterocycles. The van der Waals surface area contributed by atoms with Crippen molar-refractivity contribution < 1.29 is 15.0 Å². The molecule has 0 spiro atoms. The molecular weight excluding hydrogens is 276 g/mol. The highest BCUT2D eigenvalue weighted by atomic mass is 16.3. The van der Waals surface area contributed by atoms with E-state index in [2.05, 4.69) is 13.8 Å². The van der Waals surface area contributed by atoms with Gasteiger partial charge in [0.05, 0.1) is 6.10 Å². The molecule has 2 saturated carbocycles. The highest BCUT2D eigenvalue weighted by Gasteiger charge is 2.53. The maximum atomic E-state index is 12.2. The molecule has 1 aromatic carbocycles. The Balaban J connectivity index is 1.76. The fraction of sp³-hybridized carbons (Fsp3) is 0.632. The van der Waals surface area contributed by atoms with E-state index in [0.29, 0.717) is 23.9 Å². The van der Waals surface area contributed by atoms with E-state index < -0.39 is 0 Å². The topological polar surface area (TPSA) is 57.5 Å². The summed E-state index contributed by atoms with van der Waals surface area (Å²) in [6.45, 7) is 4.15. The summed E-state index contributed by atoms with van der Waals surface area (Å²) in [5, 5.41) is 20.1. The average Bonchev–Trinajstić information content (AvgIpc) is 2.78. The highest BCUT2D eigenvalue weighted by Crippen LogP contribution is 2.53. The number of hydrogen-bond acceptors (Lipinski definition) is 3. The predicted octanol–water partition coefficient (Wildman–Crippen LogP) is 3.39. The largest absolute Gasteiger partial charge is 0.508 e. The smallest absolute Gasteiger partial charge is 0.139 e. The van der Waals surface area contributed by atoms with Crippen LogP contribution in [0.15, 0.2) is 18.2 Å². The van der Waals surface area contributed by atoms with Gasteiger partial charge in [-0.3, -0.25) is 4.79 Å². The van der Waals surface area contributed by atoms with Crippen LogP contribution in [0.4, 0.5) is 0 Å². The Kier molecular flexibility index (Phi) is 4.02. The van der Waals surface area contributed by atoms with Crippen LogP contribution in [0.5, 0.6) is 5.75 Å². The molecule has 2 aliphatic carbocycles. The molecule has 0 saturated heterocycles. The molecule has 4 atom stereocenters. The third kappa shape index (κ3) is 2.56. The summed E-state index contributed by atoms with van der Waals surface area (Å²) in [6, 6.07) is 5.47. The van der Waals surface area contributed by atoms with E-state index in [1.54, 1.807) is 6.07 Å². The monoisotopic (exact) mass is 302 g/mol. The van der Waals surface area contributed by atoms with Gasteiger partial charge in [-0.05, 0) is 74.1 Å². The third-order valence-corrected chi connectivity index (χ3v) is 6.19. The number of fused-ring (bicyclic) bond motifs is 1. The van der Waals surface area contributed by atoms with Gasteiger partial charge >= 0.3 is 0 Å². The summed E-state index contributed by atoms with van der Waals surface area (Å²) >= 11 is 0. The molecule has 3 rings (SSSR count). The fourth-order valence-corrected chi connectivity index (χ4v) is 4.68. The van der Waals surface area contributed by atoms with Crippen molar-refractivity contribution in [3.05, 3.63) is 29.3 Å². The molecule has 3 nitrogen and oxygen atoms in total. The molecule has 22 heavy (non-hydrogen) atoms. The zero-order valence-electron chi connectivity index (χ0n) is 13.5. The number of ketones is 1. The number of phenolic OH excluding ortho intramolecular Hbond substituents is 1. The van der Waals surface area contributed by atoms with E-state index in [1.165, 1.54) is 5.56 Å². The molecule has 120 valence electrons. The number of aliphatic hydroxyl groups is 1. The first kappa shape index (κ1) is 15.5. The van der Waals surface area contributed by atoms with Crippen LogP contribution in [0.1, 0.15) is 50.2 Å². The van der Waals surface area contributed by atoms with Gasteiger partial charge in [-0.2, -0.15) is 0 Å². The van der Waals surface area contributed by atoms with Crippen LogP contribution in [0.25, 0.3) is 0 Å². The molecule has 2 aliphatic rings. The molecule has 0 aromatic heterocycles. The number of aliphatic hydroxyl groups excluding tert-OH is 1. The van der Waals surface area contributed by atoms with Crippen LogP contribution in [-0.2, 0) is 11.2 Å². The van der Waals surface area contributed by atoms with Gasteiger partial charge in [0.2, 0.25) is 0 Å². The second-order valence-corrected chi connectivity index (χ2v) is 7.41. The number of rotatable bonds is 3.